The van der Waals surface area contributed by atoms with Crippen molar-refractivity contribution in [1.82, 2.24) is 9.97 Å². The van der Waals surface area contributed by atoms with Gasteiger partial charge in [-0.2, -0.15) is 4.98 Å². The smallest absolute Gasteiger partial charge is 0.225 e. The van der Waals surface area contributed by atoms with E-state index in [9.17, 15) is 0 Å². The van der Waals surface area contributed by atoms with Crippen LogP contribution in [0.25, 0.3) is 11.3 Å². The number of ether oxygens (including phenoxy) is 1. The molecule has 150 valence electrons. The summed E-state index contributed by atoms with van der Waals surface area (Å²) < 4.78 is 5.53. The van der Waals surface area contributed by atoms with Crippen LogP contribution in [0, 0.1) is 0 Å². The molecule has 0 aliphatic heterocycles. The van der Waals surface area contributed by atoms with Gasteiger partial charge in [0.1, 0.15) is 11.6 Å². The van der Waals surface area contributed by atoms with Crippen molar-refractivity contribution in [3.8, 4) is 17.0 Å². The number of nitrogens with zero attached hydrogens (tertiary/aromatic N) is 2. The van der Waals surface area contributed by atoms with E-state index in [-0.39, 0.29) is 0 Å². The van der Waals surface area contributed by atoms with Crippen LogP contribution < -0.4 is 15.4 Å². The number of aromatic nitrogens is 2. The first-order valence-electron chi connectivity index (χ1n) is 10.5. The Morgan fingerprint density at radius 1 is 0.931 bits per heavy atom. The van der Waals surface area contributed by atoms with E-state index in [1.807, 2.05) is 55.5 Å². The third-order valence-corrected chi connectivity index (χ3v) is 5.17. The number of nitrogens with one attached hydrogen (secondary N) is 2. The molecular formula is C24H28N4O. The van der Waals surface area contributed by atoms with Crippen molar-refractivity contribution in [2.45, 2.75) is 45.1 Å². The molecular weight excluding hydrogens is 360 g/mol. The van der Waals surface area contributed by atoms with Crippen LogP contribution in [-0.2, 0) is 0 Å². The van der Waals surface area contributed by atoms with Gasteiger partial charge < -0.3 is 15.4 Å². The predicted molar refractivity (Wildman–Crippen MR) is 119 cm³/mol. The molecule has 1 saturated carbocycles. The van der Waals surface area contributed by atoms with Crippen molar-refractivity contribution in [2.24, 2.45) is 0 Å². The first kappa shape index (κ1) is 19.2. The van der Waals surface area contributed by atoms with E-state index in [2.05, 4.69) is 22.8 Å². The molecule has 2 N–H and O–H groups in total. The van der Waals surface area contributed by atoms with Gasteiger partial charge in [-0.05, 0) is 44.0 Å². The summed E-state index contributed by atoms with van der Waals surface area (Å²) in [5.41, 5.74) is 2.96. The first-order valence-corrected chi connectivity index (χ1v) is 10.5. The minimum Gasteiger partial charge on any atom is -0.494 e. The molecule has 0 amide bonds. The summed E-state index contributed by atoms with van der Waals surface area (Å²) in [4.78, 5) is 9.54. The van der Waals surface area contributed by atoms with Crippen LogP contribution in [0.2, 0.25) is 0 Å². The van der Waals surface area contributed by atoms with Crippen LogP contribution in [0.3, 0.4) is 0 Å². The highest BCUT2D eigenvalue weighted by atomic mass is 16.5. The van der Waals surface area contributed by atoms with E-state index in [0.29, 0.717) is 18.6 Å². The van der Waals surface area contributed by atoms with Gasteiger partial charge in [-0.1, -0.05) is 49.6 Å². The summed E-state index contributed by atoms with van der Waals surface area (Å²) in [6.07, 6.45) is 6.23. The molecule has 0 radical (unpaired) electrons. The van der Waals surface area contributed by atoms with Crippen LogP contribution in [0.4, 0.5) is 17.5 Å². The highest BCUT2D eigenvalue weighted by Gasteiger charge is 2.15. The van der Waals surface area contributed by atoms with Crippen molar-refractivity contribution in [3.05, 3.63) is 60.7 Å². The molecule has 4 rings (SSSR count). The van der Waals surface area contributed by atoms with Crippen molar-refractivity contribution >= 4 is 17.5 Å². The zero-order valence-electron chi connectivity index (χ0n) is 16.9. The number of hydrogen-bond donors (Lipinski definition) is 2. The lowest BCUT2D eigenvalue weighted by molar-refractivity contribution is 0.340. The van der Waals surface area contributed by atoms with E-state index < -0.39 is 0 Å². The molecule has 5 nitrogen and oxygen atoms in total. The summed E-state index contributed by atoms with van der Waals surface area (Å²) in [5.74, 6) is 2.33. The molecule has 0 spiro atoms. The van der Waals surface area contributed by atoms with Crippen LogP contribution in [0.15, 0.2) is 60.7 Å². The molecule has 1 heterocycles. The van der Waals surface area contributed by atoms with Crippen LogP contribution >= 0.6 is 0 Å². The van der Waals surface area contributed by atoms with Crippen molar-refractivity contribution in [3.63, 3.8) is 0 Å². The van der Waals surface area contributed by atoms with E-state index in [0.717, 1.165) is 28.5 Å². The van der Waals surface area contributed by atoms with Crippen LogP contribution in [0.1, 0.15) is 39.0 Å². The highest BCUT2D eigenvalue weighted by molar-refractivity contribution is 5.67. The van der Waals surface area contributed by atoms with Crippen LogP contribution in [-0.4, -0.2) is 22.6 Å². The fraction of sp³-hybridized carbons (Fsp3) is 0.333. The van der Waals surface area contributed by atoms with Gasteiger partial charge in [-0.3, -0.25) is 0 Å². The Labute approximate surface area is 172 Å². The van der Waals surface area contributed by atoms with Crippen molar-refractivity contribution in [2.75, 3.05) is 17.2 Å². The third kappa shape index (κ3) is 5.25. The molecule has 3 aromatic rings. The SMILES string of the molecule is CCOc1ccc(Nc2cc(-c3ccccc3)nc(NC3CCCCC3)n2)cc1. The van der Waals surface area contributed by atoms with Crippen molar-refractivity contribution in [1.29, 1.82) is 0 Å². The molecule has 1 aliphatic carbocycles. The molecule has 1 aliphatic rings. The monoisotopic (exact) mass is 388 g/mol. The van der Waals surface area contributed by atoms with Gasteiger partial charge in [0.05, 0.1) is 12.3 Å². The second-order valence-electron chi connectivity index (χ2n) is 7.39. The van der Waals surface area contributed by atoms with Gasteiger partial charge in [0.25, 0.3) is 0 Å². The lowest BCUT2D eigenvalue weighted by Crippen LogP contribution is -2.23. The summed E-state index contributed by atoms with van der Waals surface area (Å²) in [7, 11) is 0. The number of anilines is 3. The predicted octanol–water partition coefficient (Wildman–Crippen LogP) is 6.03. The topological polar surface area (TPSA) is 59.1 Å². The standard InChI is InChI=1S/C24H28N4O/c1-2-29-21-15-13-20(14-16-21)25-23-17-22(18-9-5-3-6-10-18)27-24(28-23)26-19-11-7-4-8-12-19/h3,5-6,9-10,13-17,19H,2,4,7-8,11-12H2,1H3,(H2,25,26,27,28). The minimum atomic E-state index is 0.452. The highest BCUT2D eigenvalue weighted by Crippen LogP contribution is 2.26. The summed E-state index contributed by atoms with van der Waals surface area (Å²) in [5, 5.41) is 6.98. The maximum Gasteiger partial charge on any atom is 0.225 e. The Morgan fingerprint density at radius 3 is 2.41 bits per heavy atom. The minimum absolute atomic E-state index is 0.452. The molecule has 2 aromatic carbocycles. The van der Waals surface area contributed by atoms with Crippen molar-refractivity contribution < 1.29 is 4.74 Å². The Hall–Kier alpha value is -3.08. The Kier molecular flexibility index (Phi) is 6.25. The average Bonchev–Trinajstić information content (AvgIpc) is 2.76. The number of benzene rings is 2. The molecule has 29 heavy (non-hydrogen) atoms. The normalized spacial score (nSPS) is 14.4. The number of rotatable bonds is 7. The van der Waals surface area contributed by atoms with E-state index in [1.165, 1.54) is 32.1 Å². The Bertz CT molecular complexity index is 906. The quantitative estimate of drug-likeness (QED) is 0.517. The number of hydrogen-bond acceptors (Lipinski definition) is 5. The lowest BCUT2D eigenvalue weighted by atomic mass is 9.96. The largest absolute Gasteiger partial charge is 0.494 e. The second-order valence-corrected chi connectivity index (χ2v) is 7.39. The molecule has 1 fully saturated rings. The first-order chi connectivity index (χ1) is 14.3. The van der Waals surface area contributed by atoms with Gasteiger partial charge in [0.15, 0.2) is 0 Å². The lowest BCUT2D eigenvalue weighted by Gasteiger charge is -2.23. The van der Waals surface area contributed by atoms with E-state index >= 15 is 0 Å². The molecule has 0 saturated heterocycles. The van der Waals surface area contributed by atoms with Gasteiger partial charge >= 0.3 is 0 Å². The van der Waals surface area contributed by atoms with E-state index in [4.69, 9.17) is 14.7 Å². The molecule has 0 unspecified atom stereocenters. The maximum atomic E-state index is 5.53. The summed E-state index contributed by atoms with van der Waals surface area (Å²) in [6, 6.07) is 20.6. The molecule has 0 atom stereocenters. The van der Waals surface area contributed by atoms with E-state index in [1.54, 1.807) is 0 Å². The van der Waals surface area contributed by atoms with Gasteiger partial charge in [0.2, 0.25) is 5.95 Å². The average molecular weight is 389 g/mol. The Morgan fingerprint density at radius 2 is 1.69 bits per heavy atom. The molecule has 5 heteroatoms. The fourth-order valence-corrected chi connectivity index (χ4v) is 3.71. The summed E-state index contributed by atoms with van der Waals surface area (Å²) >= 11 is 0. The fourth-order valence-electron chi connectivity index (χ4n) is 3.71. The van der Waals surface area contributed by atoms with Gasteiger partial charge in [-0.15, -0.1) is 0 Å². The molecule has 0 bridgehead atoms. The zero-order chi connectivity index (χ0) is 19.9. The third-order valence-electron chi connectivity index (χ3n) is 5.17. The Balaban J connectivity index is 1.59. The van der Waals surface area contributed by atoms with Crippen LogP contribution in [0.5, 0.6) is 5.75 Å². The van der Waals surface area contributed by atoms with Gasteiger partial charge in [-0.25, -0.2) is 4.98 Å². The maximum absolute atomic E-state index is 5.53. The summed E-state index contributed by atoms with van der Waals surface area (Å²) in [6.45, 7) is 2.65. The molecule has 1 aromatic heterocycles. The van der Waals surface area contributed by atoms with Gasteiger partial charge in [0, 0.05) is 23.4 Å². The second kappa shape index (κ2) is 9.41. The zero-order valence-corrected chi connectivity index (χ0v) is 16.9.